The minimum absolute atomic E-state index is 1.35. The van der Waals surface area contributed by atoms with Crippen LogP contribution >= 0.6 is 68.0 Å². The van der Waals surface area contributed by atoms with Crippen molar-refractivity contribution in [2.45, 2.75) is 41.5 Å². The van der Waals surface area contributed by atoms with E-state index in [1.54, 1.807) is 0 Å². The molecule has 0 aliphatic heterocycles. The van der Waals surface area contributed by atoms with Crippen LogP contribution in [0.3, 0.4) is 0 Å². The Kier molecular flexibility index (Phi) is 6.42. The fourth-order valence-corrected chi connectivity index (χ4v) is 13.2. The molecular weight excluding hydrogens is 625 g/mol. The Morgan fingerprint density at radius 3 is 1.40 bits per heavy atom. The van der Waals surface area contributed by atoms with Crippen LogP contribution in [0, 0.1) is 41.5 Å². The molecule has 0 bridgehead atoms. The van der Waals surface area contributed by atoms with Crippen molar-refractivity contribution in [1.82, 2.24) is 0 Å². The van der Waals surface area contributed by atoms with Crippen molar-refractivity contribution < 1.29 is 0 Å². The van der Waals surface area contributed by atoms with Gasteiger partial charge in [0.1, 0.15) is 0 Å². The molecule has 0 amide bonds. The summed E-state index contributed by atoms with van der Waals surface area (Å²) in [5, 5.41) is 5.47. The monoisotopic (exact) mass is 652 g/mol. The summed E-state index contributed by atoms with van der Waals surface area (Å²) in [6, 6.07) is 23.5. The summed E-state index contributed by atoms with van der Waals surface area (Å²) in [6.45, 7) is 13.5. The highest BCUT2D eigenvalue weighted by Crippen LogP contribution is 2.50. The standard InChI is InChI=1S/C36H28S6/c1-17-11-29(38-22(17)6)32-18(2)12-27(39-32)28-13-19(3)33(40-28)30-14-20(4)34(41-30)31-16-24-8-10-25-26(36(24)42-31)9-7-23-15-21(5)37-35(23)25/h7-16H,1-6H3. The maximum atomic E-state index is 2.41. The predicted octanol–water partition coefficient (Wildman–Crippen LogP) is 14.0. The van der Waals surface area contributed by atoms with E-state index in [0.717, 1.165) is 0 Å². The molecule has 0 unspecified atom stereocenters. The number of hydrogen-bond donors (Lipinski definition) is 0. The molecule has 2 aromatic carbocycles. The number of hydrogen-bond acceptors (Lipinski definition) is 6. The lowest BCUT2D eigenvalue weighted by Gasteiger charge is -2.01. The van der Waals surface area contributed by atoms with Crippen LogP contribution in [0.1, 0.15) is 32.0 Å². The highest BCUT2D eigenvalue weighted by atomic mass is 32.1. The number of benzene rings is 2. The van der Waals surface area contributed by atoms with Gasteiger partial charge in [0, 0.05) is 68.9 Å². The normalized spacial score (nSPS) is 12.0. The molecule has 6 heterocycles. The van der Waals surface area contributed by atoms with Crippen LogP contribution < -0.4 is 0 Å². The first-order valence-electron chi connectivity index (χ1n) is 14.0. The molecule has 0 radical (unpaired) electrons. The van der Waals surface area contributed by atoms with Crippen LogP contribution in [0.25, 0.3) is 70.0 Å². The molecule has 8 rings (SSSR count). The molecule has 0 aliphatic carbocycles. The Balaban J connectivity index is 1.17. The van der Waals surface area contributed by atoms with Crippen molar-refractivity contribution in [3.05, 3.63) is 92.7 Å². The second-order valence-corrected chi connectivity index (χ2v) is 18.0. The van der Waals surface area contributed by atoms with Crippen LogP contribution in [0.4, 0.5) is 0 Å². The first-order valence-corrected chi connectivity index (χ1v) is 18.9. The van der Waals surface area contributed by atoms with E-state index in [1.807, 2.05) is 68.0 Å². The maximum Gasteiger partial charge on any atom is 0.0479 e. The maximum absolute atomic E-state index is 2.41. The third kappa shape index (κ3) is 4.30. The van der Waals surface area contributed by atoms with Crippen molar-refractivity contribution >= 4 is 99.0 Å². The average Bonchev–Trinajstić information content (AvgIpc) is 3.78. The number of rotatable bonds is 4. The van der Waals surface area contributed by atoms with E-state index < -0.39 is 0 Å². The molecule has 0 fully saturated rings. The van der Waals surface area contributed by atoms with Gasteiger partial charge in [0.05, 0.1) is 0 Å². The van der Waals surface area contributed by atoms with Crippen molar-refractivity contribution in [2.24, 2.45) is 0 Å². The van der Waals surface area contributed by atoms with E-state index in [0.29, 0.717) is 0 Å². The zero-order valence-corrected chi connectivity index (χ0v) is 29.1. The molecular formula is C36H28S6. The van der Waals surface area contributed by atoms with Gasteiger partial charge in [0.15, 0.2) is 0 Å². The Bertz CT molecular complexity index is 2300. The molecule has 0 atom stereocenters. The second-order valence-electron chi connectivity index (χ2n) is 11.2. The second kappa shape index (κ2) is 9.98. The summed E-state index contributed by atoms with van der Waals surface area (Å²) in [6.07, 6.45) is 0. The Morgan fingerprint density at radius 2 is 0.833 bits per heavy atom. The van der Waals surface area contributed by atoms with Gasteiger partial charge in [-0.2, -0.15) is 0 Å². The molecule has 0 N–H and O–H groups in total. The lowest BCUT2D eigenvalue weighted by molar-refractivity contribution is 1.44. The summed E-state index contributed by atoms with van der Waals surface area (Å²) >= 11 is 11.6. The fraction of sp³-hybridized carbons (Fsp3) is 0.167. The molecule has 6 aromatic heterocycles. The summed E-state index contributed by atoms with van der Waals surface area (Å²) in [5.41, 5.74) is 5.51. The van der Waals surface area contributed by atoms with Crippen molar-refractivity contribution in [3.63, 3.8) is 0 Å². The van der Waals surface area contributed by atoms with Crippen LogP contribution in [-0.4, -0.2) is 0 Å². The van der Waals surface area contributed by atoms with Gasteiger partial charge in [-0.25, -0.2) is 0 Å². The van der Waals surface area contributed by atoms with E-state index in [-0.39, 0.29) is 0 Å². The molecule has 208 valence electrons. The number of aryl methyl sites for hydroxylation is 6. The largest absolute Gasteiger partial charge is 0.140 e. The van der Waals surface area contributed by atoms with E-state index in [4.69, 9.17) is 0 Å². The lowest BCUT2D eigenvalue weighted by atomic mass is 10.1. The Morgan fingerprint density at radius 1 is 0.381 bits per heavy atom. The van der Waals surface area contributed by atoms with Gasteiger partial charge in [0.2, 0.25) is 0 Å². The van der Waals surface area contributed by atoms with Gasteiger partial charge in [-0.05, 0) is 111 Å². The van der Waals surface area contributed by atoms with Gasteiger partial charge >= 0.3 is 0 Å². The minimum Gasteiger partial charge on any atom is -0.140 e. The highest BCUT2D eigenvalue weighted by molar-refractivity contribution is 7.31. The third-order valence-electron chi connectivity index (χ3n) is 8.12. The van der Waals surface area contributed by atoms with E-state index in [1.165, 1.54) is 102 Å². The molecule has 0 spiro atoms. The zero-order chi connectivity index (χ0) is 28.9. The van der Waals surface area contributed by atoms with E-state index >= 15 is 0 Å². The van der Waals surface area contributed by atoms with Crippen molar-refractivity contribution in [3.8, 4) is 39.0 Å². The van der Waals surface area contributed by atoms with Gasteiger partial charge < -0.3 is 0 Å². The highest BCUT2D eigenvalue weighted by Gasteiger charge is 2.19. The van der Waals surface area contributed by atoms with E-state index in [9.17, 15) is 0 Å². The van der Waals surface area contributed by atoms with Crippen molar-refractivity contribution in [1.29, 1.82) is 0 Å². The quantitative estimate of drug-likeness (QED) is 0.177. The molecule has 0 saturated heterocycles. The van der Waals surface area contributed by atoms with Gasteiger partial charge in [-0.15, -0.1) is 68.0 Å². The van der Waals surface area contributed by atoms with Gasteiger partial charge in [0.25, 0.3) is 0 Å². The minimum atomic E-state index is 1.35. The molecule has 0 aliphatic rings. The Labute approximate surface area is 270 Å². The molecule has 42 heavy (non-hydrogen) atoms. The van der Waals surface area contributed by atoms with Crippen molar-refractivity contribution in [2.75, 3.05) is 0 Å². The van der Waals surface area contributed by atoms with E-state index in [2.05, 4.69) is 102 Å². The summed E-state index contributed by atoms with van der Waals surface area (Å²) in [5.74, 6) is 0. The fourth-order valence-electron chi connectivity index (χ4n) is 5.86. The number of fused-ring (bicyclic) bond motifs is 5. The molecule has 8 aromatic rings. The molecule has 0 saturated carbocycles. The average molecular weight is 653 g/mol. The SMILES string of the molecule is Cc1cc2ccc3c(ccc4cc(-c5sc(-c6sc(-c7cc(C)c(-c8cc(C)c(C)s8)s7)cc6C)cc5C)sc43)c2s1. The van der Waals surface area contributed by atoms with Crippen LogP contribution in [-0.2, 0) is 0 Å². The first-order chi connectivity index (χ1) is 20.2. The molecule has 6 heteroatoms. The summed E-state index contributed by atoms with van der Waals surface area (Å²) in [4.78, 5) is 13.9. The zero-order valence-electron chi connectivity index (χ0n) is 24.2. The van der Waals surface area contributed by atoms with Gasteiger partial charge in [-0.3, -0.25) is 0 Å². The topological polar surface area (TPSA) is 0 Å². The third-order valence-corrected chi connectivity index (χ3v) is 16.0. The predicted molar refractivity (Wildman–Crippen MR) is 196 cm³/mol. The first kappa shape index (κ1) is 27.0. The van der Waals surface area contributed by atoms with Crippen LogP contribution in [0.15, 0.2) is 60.7 Å². The Hall–Kier alpha value is -2.58. The van der Waals surface area contributed by atoms with Crippen LogP contribution in [0.5, 0.6) is 0 Å². The lowest BCUT2D eigenvalue weighted by Crippen LogP contribution is -1.72. The molecule has 0 nitrogen and oxygen atoms in total. The summed E-state index contributed by atoms with van der Waals surface area (Å²) in [7, 11) is 0. The number of thiophene rings is 6. The smallest absolute Gasteiger partial charge is 0.0479 e. The van der Waals surface area contributed by atoms with Gasteiger partial charge in [-0.1, -0.05) is 24.3 Å². The van der Waals surface area contributed by atoms with Crippen LogP contribution in [0.2, 0.25) is 0 Å². The summed E-state index contributed by atoms with van der Waals surface area (Å²) < 4.78 is 2.81.